The van der Waals surface area contributed by atoms with Crippen molar-refractivity contribution in [3.63, 3.8) is 0 Å². The molecule has 0 bridgehead atoms. The van der Waals surface area contributed by atoms with Crippen LogP contribution >= 0.6 is 0 Å². The van der Waals surface area contributed by atoms with E-state index in [9.17, 15) is 0 Å². The topological polar surface area (TPSA) is 58.9 Å². The van der Waals surface area contributed by atoms with E-state index in [-0.39, 0.29) is 0 Å². The van der Waals surface area contributed by atoms with E-state index in [1.807, 2.05) is 12.1 Å². The van der Waals surface area contributed by atoms with Crippen molar-refractivity contribution in [3.05, 3.63) is 30.6 Å². The minimum absolute atomic E-state index is 0.530. The number of rotatable bonds is 3. The molecule has 0 radical (unpaired) electrons. The van der Waals surface area contributed by atoms with Crippen LogP contribution in [0.1, 0.15) is 25.7 Å². The summed E-state index contributed by atoms with van der Waals surface area (Å²) in [5.74, 6) is 0. The van der Waals surface area contributed by atoms with Gasteiger partial charge in [0, 0.05) is 18.6 Å². The number of para-hydroxylation sites is 2. The van der Waals surface area contributed by atoms with Crippen LogP contribution in [0.25, 0.3) is 5.69 Å². The minimum atomic E-state index is 0.530. The zero-order valence-corrected chi connectivity index (χ0v) is 12.0. The van der Waals surface area contributed by atoms with Crippen molar-refractivity contribution in [1.29, 1.82) is 0 Å². The molecule has 0 spiro atoms. The van der Waals surface area contributed by atoms with Crippen molar-refractivity contribution in [2.45, 2.75) is 37.8 Å². The Hall–Kier alpha value is -1.95. The van der Waals surface area contributed by atoms with Crippen molar-refractivity contribution in [3.8, 4) is 5.69 Å². The van der Waals surface area contributed by atoms with E-state index in [1.54, 1.807) is 11.0 Å². The molecule has 1 N–H and O–H groups in total. The number of aromatic nitrogens is 4. The average molecular weight is 284 g/mol. The molecule has 2 fully saturated rings. The van der Waals surface area contributed by atoms with Crippen LogP contribution in [0.3, 0.4) is 0 Å². The van der Waals surface area contributed by atoms with Crippen molar-refractivity contribution in [1.82, 2.24) is 25.1 Å². The maximum atomic E-state index is 4.01. The lowest BCUT2D eigenvalue weighted by atomic mass is 9.99. The molecular weight excluding hydrogens is 264 g/mol. The maximum absolute atomic E-state index is 4.01. The second-order valence-corrected chi connectivity index (χ2v) is 5.91. The minimum Gasteiger partial charge on any atom is -0.379 e. The summed E-state index contributed by atoms with van der Waals surface area (Å²) in [5.41, 5.74) is 2.12. The number of tetrazole rings is 1. The number of benzene rings is 1. The summed E-state index contributed by atoms with van der Waals surface area (Å²) >= 11 is 0. The summed E-state index contributed by atoms with van der Waals surface area (Å²) in [6, 6.07) is 9.45. The zero-order chi connectivity index (χ0) is 14.1. The molecule has 2 aromatic rings. The van der Waals surface area contributed by atoms with Crippen LogP contribution in [0.4, 0.5) is 5.69 Å². The largest absolute Gasteiger partial charge is 0.379 e. The van der Waals surface area contributed by atoms with E-state index >= 15 is 0 Å². The molecule has 2 saturated heterocycles. The van der Waals surface area contributed by atoms with Gasteiger partial charge < -0.3 is 5.32 Å². The first-order valence-corrected chi connectivity index (χ1v) is 7.75. The molecule has 6 nitrogen and oxygen atoms in total. The van der Waals surface area contributed by atoms with Crippen LogP contribution in [-0.4, -0.2) is 50.3 Å². The third-order valence-corrected chi connectivity index (χ3v) is 4.70. The fourth-order valence-corrected chi connectivity index (χ4v) is 3.68. The smallest absolute Gasteiger partial charge is 0.143 e. The molecule has 2 atom stereocenters. The first-order chi connectivity index (χ1) is 10.4. The highest BCUT2D eigenvalue weighted by Crippen LogP contribution is 2.30. The number of fused-ring (bicyclic) bond motifs is 1. The van der Waals surface area contributed by atoms with Gasteiger partial charge in [0.15, 0.2) is 0 Å². The van der Waals surface area contributed by atoms with Gasteiger partial charge in [-0.3, -0.25) is 4.90 Å². The molecule has 3 heterocycles. The van der Waals surface area contributed by atoms with Gasteiger partial charge >= 0.3 is 0 Å². The highest BCUT2D eigenvalue weighted by Gasteiger charge is 2.35. The molecule has 2 aliphatic heterocycles. The summed E-state index contributed by atoms with van der Waals surface area (Å²) in [6.45, 7) is 2.48. The van der Waals surface area contributed by atoms with E-state index in [0.717, 1.165) is 11.4 Å². The Kier molecular flexibility index (Phi) is 3.31. The zero-order valence-electron chi connectivity index (χ0n) is 12.0. The first kappa shape index (κ1) is 12.8. The van der Waals surface area contributed by atoms with Gasteiger partial charge in [0.1, 0.15) is 6.33 Å². The molecule has 0 saturated carbocycles. The molecule has 110 valence electrons. The number of hydrogen-bond donors (Lipinski definition) is 1. The van der Waals surface area contributed by atoms with Gasteiger partial charge in [-0.15, -0.1) is 5.10 Å². The Labute approximate surface area is 124 Å². The normalized spacial score (nSPS) is 25.7. The first-order valence-electron chi connectivity index (χ1n) is 7.75. The average Bonchev–Trinajstić information content (AvgIpc) is 3.18. The molecule has 1 aromatic heterocycles. The fourth-order valence-electron chi connectivity index (χ4n) is 3.68. The van der Waals surface area contributed by atoms with Gasteiger partial charge in [0.25, 0.3) is 0 Å². The predicted octanol–water partition coefficient (Wildman–Crippen LogP) is 1.70. The highest BCUT2D eigenvalue weighted by atomic mass is 15.5. The molecule has 0 amide bonds. The van der Waals surface area contributed by atoms with Crippen molar-refractivity contribution < 1.29 is 0 Å². The van der Waals surface area contributed by atoms with Crippen molar-refractivity contribution in [2.24, 2.45) is 0 Å². The quantitative estimate of drug-likeness (QED) is 0.929. The second-order valence-electron chi connectivity index (χ2n) is 5.91. The lowest BCUT2D eigenvalue weighted by Crippen LogP contribution is -2.41. The van der Waals surface area contributed by atoms with Crippen LogP contribution in [-0.2, 0) is 0 Å². The maximum Gasteiger partial charge on any atom is 0.143 e. The number of hydrogen-bond acceptors (Lipinski definition) is 5. The molecular formula is C15H20N6. The van der Waals surface area contributed by atoms with E-state index < -0.39 is 0 Å². The predicted molar refractivity (Wildman–Crippen MR) is 80.4 cm³/mol. The lowest BCUT2D eigenvalue weighted by Gasteiger charge is -2.33. The summed E-state index contributed by atoms with van der Waals surface area (Å²) in [4.78, 5) is 2.64. The summed E-state index contributed by atoms with van der Waals surface area (Å²) in [5, 5.41) is 15.2. The van der Waals surface area contributed by atoms with E-state index in [4.69, 9.17) is 0 Å². The van der Waals surface area contributed by atoms with Crippen molar-refractivity contribution in [2.75, 3.05) is 18.4 Å². The monoisotopic (exact) mass is 284 g/mol. The molecule has 2 aliphatic rings. The summed E-state index contributed by atoms with van der Waals surface area (Å²) < 4.78 is 1.72. The van der Waals surface area contributed by atoms with Gasteiger partial charge in [-0.05, 0) is 48.4 Å². The molecule has 1 aromatic carbocycles. The van der Waals surface area contributed by atoms with Crippen LogP contribution in [0, 0.1) is 0 Å². The van der Waals surface area contributed by atoms with Gasteiger partial charge in [0.2, 0.25) is 0 Å². The standard InChI is InChI=1S/C15H20N6/c1-2-7-15(21-11-16-18-19-21)12(5-1)17-13-8-10-20-9-4-3-6-14(13)20/h1-2,5,7,11,13-14,17H,3-4,6,8-10H2. The number of anilines is 1. The molecule has 21 heavy (non-hydrogen) atoms. The van der Waals surface area contributed by atoms with E-state index in [1.165, 1.54) is 38.8 Å². The second kappa shape index (κ2) is 5.44. The van der Waals surface area contributed by atoms with Crippen molar-refractivity contribution >= 4 is 5.69 Å². The van der Waals surface area contributed by atoms with Gasteiger partial charge in [0.05, 0.1) is 11.4 Å². The van der Waals surface area contributed by atoms with E-state index in [2.05, 4.69) is 37.9 Å². The SMILES string of the molecule is c1ccc(-n2cnnn2)c(NC2CCN3CCCCC23)c1. The third kappa shape index (κ3) is 2.40. The molecule has 6 heteroatoms. The molecule has 2 unspecified atom stereocenters. The van der Waals surface area contributed by atoms with Crippen LogP contribution < -0.4 is 5.32 Å². The van der Waals surface area contributed by atoms with Crippen LogP contribution in [0.2, 0.25) is 0 Å². The van der Waals surface area contributed by atoms with E-state index in [0.29, 0.717) is 12.1 Å². The Balaban J connectivity index is 1.58. The number of nitrogens with zero attached hydrogens (tertiary/aromatic N) is 5. The van der Waals surface area contributed by atoms with Gasteiger partial charge in [-0.2, -0.15) is 4.68 Å². The molecule has 0 aliphatic carbocycles. The van der Waals surface area contributed by atoms with Crippen LogP contribution in [0.5, 0.6) is 0 Å². The number of nitrogens with one attached hydrogen (secondary N) is 1. The third-order valence-electron chi connectivity index (χ3n) is 4.70. The Bertz CT molecular complexity index is 596. The Morgan fingerprint density at radius 3 is 2.95 bits per heavy atom. The summed E-state index contributed by atoms with van der Waals surface area (Å²) in [7, 11) is 0. The fraction of sp³-hybridized carbons (Fsp3) is 0.533. The molecule has 4 rings (SSSR count). The Morgan fingerprint density at radius 2 is 2.05 bits per heavy atom. The van der Waals surface area contributed by atoms with Crippen LogP contribution in [0.15, 0.2) is 30.6 Å². The highest BCUT2D eigenvalue weighted by molar-refractivity contribution is 5.61. The van der Waals surface area contributed by atoms with Gasteiger partial charge in [-0.25, -0.2) is 0 Å². The van der Waals surface area contributed by atoms with Gasteiger partial charge in [-0.1, -0.05) is 18.6 Å². The number of piperidine rings is 1. The summed E-state index contributed by atoms with van der Waals surface area (Å²) in [6.07, 6.45) is 6.87. The Morgan fingerprint density at radius 1 is 1.10 bits per heavy atom. The lowest BCUT2D eigenvalue weighted by molar-refractivity contribution is 0.193.